The lowest BCUT2D eigenvalue weighted by molar-refractivity contribution is -0.116. The molecule has 0 spiro atoms. The van der Waals surface area contributed by atoms with Gasteiger partial charge in [0, 0.05) is 29.8 Å². The normalized spacial score (nSPS) is 11.4. The molecule has 8 nitrogen and oxygen atoms in total. The van der Waals surface area contributed by atoms with E-state index in [2.05, 4.69) is 30.5 Å². The molecule has 1 aromatic carbocycles. The number of nitrogens with one attached hydrogen (secondary N) is 3. The van der Waals surface area contributed by atoms with E-state index in [4.69, 9.17) is 4.98 Å². The van der Waals surface area contributed by atoms with Crippen LogP contribution in [-0.4, -0.2) is 36.0 Å². The second kappa shape index (κ2) is 9.55. The molecule has 0 aliphatic rings. The Kier molecular flexibility index (Phi) is 5.93. The van der Waals surface area contributed by atoms with Gasteiger partial charge in [0.05, 0.1) is 22.3 Å². The molecular weight excluding hydrogens is 489 g/mol. The molecular formula is C27H22FN7OS. The van der Waals surface area contributed by atoms with E-state index >= 15 is 4.39 Å². The molecule has 6 rings (SSSR count). The van der Waals surface area contributed by atoms with Crippen LogP contribution in [0.2, 0.25) is 0 Å². The number of thiophene rings is 1. The first-order valence-electron chi connectivity index (χ1n) is 11.9. The van der Waals surface area contributed by atoms with Crippen LogP contribution in [0.4, 0.5) is 10.1 Å². The number of hydrogen-bond acceptors (Lipinski definition) is 6. The van der Waals surface area contributed by atoms with Gasteiger partial charge in [0.2, 0.25) is 5.91 Å². The minimum Gasteiger partial charge on any atom is -0.337 e. The molecule has 0 atom stereocenters. The van der Waals surface area contributed by atoms with E-state index in [-0.39, 0.29) is 11.4 Å². The standard InChI is InChI=1S/C27H22FN7OS/c1-2-3-6-22(36)31-17-10-16(13-29-14-17)15-11-18-23(19(28)12-15)34-35-24(18)27-32-20-7-8-30-26(25(20)33-27)21-5-4-9-37-21/h4-5,7-14H,2-3,6H2,1H3,(H,31,36)(H,32,33)(H,34,35). The number of nitrogens with zero attached hydrogens (tertiary/aromatic N) is 4. The van der Waals surface area contributed by atoms with Gasteiger partial charge in [-0.1, -0.05) is 19.4 Å². The van der Waals surface area contributed by atoms with Gasteiger partial charge in [0.25, 0.3) is 0 Å². The van der Waals surface area contributed by atoms with Crippen molar-refractivity contribution in [3.63, 3.8) is 0 Å². The Morgan fingerprint density at radius 2 is 2.05 bits per heavy atom. The van der Waals surface area contributed by atoms with E-state index in [0.29, 0.717) is 40.1 Å². The summed E-state index contributed by atoms with van der Waals surface area (Å²) in [6, 6.07) is 10.9. The van der Waals surface area contributed by atoms with Crippen LogP contribution in [0.15, 0.2) is 60.4 Å². The number of anilines is 1. The van der Waals surface area contributed by atoms with Crippen LogP contribution in [0.3, 0.4) is 0 Å². The SMILES string of the molecule is CCCCC(=O)Nc1cncc(-c2cc(F)c3n[nH]c(-c4nc5c(-c6cccs6)nccc5[nH]4)c3c2)c1. The molecule has 0 aliphatic carbocycles. The van der Waals surface area contributed by atoms with Gasteiger partial charge in [-0.25, -0.2) is 9.37 Å². The highest BCUT2D eigenvalue weighted by Crippen LogP contribution is 2.34. The first-order valence-corrected chi connectivity index (χ1v) is 12.8. The molecule has 5 heterocycles. The highest BCUT2D eigenvalue weighted by atomic mass is 32.1. The van der Waals surface area contributed by atoms with Gasteiger partial charge in [-0.2, -0.15) is 5.10 Å². The van der Waals surface area contributed by atoms with E-state index in [1.54, 1.807) is 36.0 Å². The Balaban J connectivity index is 1.40. The molecule has 184 valence electrons. The molecule has 37 heavy (non-hydrogen) atoms. The third-order valence-corrected chi connectivity index (χ3v) is 6.99. The summed E-state index contributed by atoms with van der Waals surface area (Å²) >= 11 is 1.59. The summed E-state index contributed by atoms with van der Waals surface area (Å²) in [5, 5.41) is 12.6. The van der Waals surface area contributed by atoms with Crippen molar-refractivity contribution in [2.75, 3.05) is 5.32 Å². The fourth-order valence-corrected chi connectivity index (χ4v) is 5.02. The number of fused-ring (bicyclic) bond motifs is 2. The summed E-state index contributed by atoms with van der Waals surface area (Å²) in [5.41, 5.74) is 4.98. The molecule has 0 unspecified atom stereocenters. The van der Waals surface area contributed by atoms with Crippen molar-refractivity contribution in [1.29, 1.82) is 0 Å². The monoisotopic (exact) mass is 511 g/mol. The van der Waals surface area contributed by atoms with Crippen molar-refractivity contribution < 1.29 is 9.18 Å². The zero-order valence-corrected chi connectivity index (χ0v) is 20.7. The highest BCUT2D eigenvalue weighted by molar-refractivity contribution is 7.13. The van der Waals surface area contributed by atoms with Crippen molar-refractivity contribution >= 4 is 44.9 Å². The Morgan fingerprint density at radius 1 is 1.14 bits per heavy atom. The minimum absolute atomic E-state index is 0.0687. The second-order valence-electron chi connectivity index (χ2n) is 8.69. The first-order chi connectivity index (χ1) is 18.1. The third kappa shape index (κ3) is 4.36. The Bertz CT molecular complexity index is 1740. The largest absolute Gasteiger partial charge is 0.337 e. The van der Waals surface area contributed by atoms with Crippen molar-refractivity contribution in [3.05, 3.63) is 66.2 Å². The molecule has 5 aromatic heterocycles. The van der Waals surface area contributed by atoms with Crippen molar-refractivity contribution in [3.8, 4) is 33.2 Å². The topological polar surface area (TPSA) is 112 Å². The van der Waals surface area contributed by atoms with Gasteiger partial charge in [-0.05, 0) is 47.7 Å². The summed E-state index contributed by atoms with van der Waals surface area (Å²) in [4.78, 5) is 30.1. The summed E-state index contributed by atoms with van der Waals surface area (Å²) in [7, 11) is 0. The van der Waals surface area contributed by atoms with Crippen LogP contribution in [0.25, 0.3) is 55.2 Å². The maximum absolute atomic E-state index is 15.2. The highest BCUT2D eigenvalue weighted by Gasteiger charge is 2.18. The fraction of sp³-hybridized carbons (Fsp3) is 0.148. The number of pyridine rings is 2. The number of aromatic nitrogens is 6. The average molecular weight is 512 g/mol. The number of benzene rings is 1. The molecule has 0 fully saturated rings. The van der Waals surface area contributed by atoms with Crippen molar-refractivity contribution in [2.24, 2.45) is 0 Å². The van der Waals surface area contributed by atoms with Crippen molar-refractivity contribution in [2.45, 2.75) is 26.2 Å². The summed E-state index contributed by atoms with van der Waals surface area (Å²) in [6.45, 7) is 2.04. The molecule has 0 radical (unpaired) electrons. The van der Waals surface area contributed by atoms with Crippen LogP contribution >= 0.6 is 11.3 Å². The lowest BCUT2D eigenvalue weighted by Crippen LogP contribution is -2.11. The van der Waals surface area contributed by atoms with Crippen LogP contribution in [0, 0.1) is 5.82 Å². The zero-order chi connectivity index (χ0) is 25.4. The Hall–Kier alpha value is -4.44. The van der Waals surface area contributed by atoms with E-state index in [9.17, 15) is 4.79 Å². The molecule has 6 aromatic rings. The van der Waals surface area contributed by atoms with Crippen molar-refractivity contribution in [1.82, 2.24) is 30.1 Å². The number of imidazole rings is 1. The van der Waals surface area contributed by atoms with Crippen LogP contribution < -0.4 is 5.32 Å². The number of H-pyrrole nitrogens is 2. The molecule has 3 N–H and O–H groups in total. The predicted molar refractivity (Wildman–Crippen MR) is 144 cm³/mol. The molecule has 0 saturated carbocycles. The molecule has 0 aliphatic heterocycles. The lowest BCUT2D eigenvalue weighted by Gasteiger charge is -2.08. The quantitative estimate of drug-likeness (QED) is 0.225. The maximum atomic E-state index is 15.2. The van der Waals surface area contributed by atoms with E-state index in [0.717, 1.165) is 34.4 Å². The number of carbonyl (C=O) groups is 1. The van der Waals surface area contributed by atoms with Gasteiger partial charge in [0.1, 0.15) is 22.4 Å². The maximum Gasteiger partial charge on any atom is 0.224 e. The van der Waals surface area contributed by atoms with Crippen LogP contribution in [0.5, 0.6) is 0 Å². The fourth-order valence-electron chi connectivity index (χ4n) is 4.30. The van der Waals surface area contributed by atoms with E-state index in [1.165, 1.54) is 6.07 Å². The van der Waals surface area contributed by atoms with E-state index in [1.807, 2.05) is 36.6 Å². The number of carbonyl (C=O) groups excluding carboxylic acids is 1. The number of hydrogen-bond donors (Lipinski definition) is 3. The van der Waals surface area contributed by atoms with Crippen LogP contribution in [-0.2, 0) is 4.79 Å². The third-order valence-electron chi connectivity index (χ3n) is 6.12. The lowest BCUT2D eigenvalue weighted by atomic mass is 10.0. The number of aromatic amines is 2. The van der Waals surface area contributed by atoms with Gasteiger partial charge in [0.15, 0.2) is 11.6 Å². The Morgan fingerprint density at radius 3 is 2.89 bits per heavy atom. The van der Waals surface area contributed by atoms with Gasteiger partial charge in [-0.3, -0.25) is 19.9 Å². The number of unbranched alkanes of at least 4 members (excludes halogenated alkanes) is 1. The average Bonchev–Trinajstić information content (AvgIpc) is 3.67. The second-order valence-corrected chi connectivity index (χ2v) is 9.63. The molecule has 0 bridgehead atoms. The van der Waals surface area contributed by atoms with Gasteiger partial charge < -0.3 is 10.3 Å². The minimum atomic E-state index is -0.468. The molecule has 10 heteroatoms. The van der Waals surface area contributed by atoms with Crippen LogP contribution in [0.1, 0.15) is 26.2 Å². The van der Waals surface area contributed by atoms with E-state index < -0.39 is 5.82 Å². The van der Waals surface area contributed by atoms with Gasteiger partial charge >= 0.3 is 0 Å². The molecule has 0 saturated heterocycles. The first kappa shape index (κ1) is 23.0. The summed E-state index contributed by atoms with van der Waals surface area (Å²) in [5.74, 6) is 0.000188. The predicted octanol–water partition coefficient (Wildman–Crippen LogP) is 6.56. The van der Waals surface area contributed by atoms with Gasteiger partial charge in [-0.15, -0.1) is 11.3 Å². The molecule has 1 amide bonds. The smallest absolute Gasteiger partial charge is 0.224 e. The summed E-state index contributed by atoms with van der Waals surface area (Å²) < 4.78 is 15.2. The number of rotatable bonds is 7. The number of amides is 1. The number of halogens is 1. The Labute approximate surface area is 215 Å². The summed E-state index contributed by atoms with van der Waals surface area (Å²) in [6.07, 6.45) is 7.16. The zero-order valence-electron chi connectivity index (χ0n) is 19.9.